The third-order valence-electron chi connectivity index (χ3n) is 3.13. The van der Waals surface area contributed by atoms with Crippen molar-refractivity contribution < 1.29 is 4.79 Å². The normalized spacial score (nSPS) is 16.9. The van der Waals surface area contributed by atoms with Gasteiger partial charge in [0.05, 0.1) is 0 Å². The van der Waals surface area contributed by atoms with E-state index in [0.29, 0.717) is 16.5 Å². The van der Waals surface area contributed by atoms with Crippen LogP contribution in [0.15, 0.2) is 24.3 Å². The molecule has 0 atom stereocenters. The maximum Gasteiger partial charge on any atom is 0.253 e. The Labute approximate surface area is 117 Å². The van der Waals surface area contributed by atoms with Gasteiger partial charge in [-0.2, -0.15) is 0 Å². The fourth-order valence-corrected chi connectivity index (χ4v) is 2.53. The highest BCUT2D eigenvalue weighted by Crippen LogP contribution is 2.14. The maximum absolute atomic E-state index is 12.2. The molecule has 1 aromatic rings. The van der Waals surface area contributed by atoms with Crippen LogP contribution < -0.4 is 0 Å². The van der Waals surface area contributed by atoms with E-state index in [-0.39, 0.29) is 5.91 Å². The first-order chi connectivity index (χ1) is 8.70. The number of carbonyl (C=O) groups excluding carboxylic acids is 1. The molecule has 1 saturated heterocycles. The summed E-state index contributed by atoms with van der Waals surface area (Å²) in [6, 6.07) is 7.10. The van der Waals surface area contributed by atoms with Crippen LogP contribution in [-0.4, -0.2) is 54.3 Å². The zero-order chi connectivity index (χ0) is 13.0. The Bertz CT molecular complexity index is 417. The summed E-state index contributed by atoms with van der Waals surface area (Å²) in [4.78, 5) is 16.4. The number of hydrogen-bond donors (Lipinski definition) is 0. The van der Waals surface area contributed by atoms with E-state index in [1.54, 1.807) is 24.3 Å². The second kappa shape index (κ2) is 6.41. The van der Waals surface area contributed by atoms with Gasteiger partial charge in [-0.05, 0) is 18.2 Å². The lowest BCUT2D eigenvalue weighted by atomic mass is 10.2. The lowest BCUT2D eigenvalue weighted by Gasteiger charge is -2.34. The first-order valence-corrected chi connectivity index (χ1v) is 6.95. The molecule has 1 aromatic carbocycles. The SMILES string of the molecule is O=C(c1cccc(Cl)c1)N1CCN(CCCl)CC1. The number of nitrogens with zero attached hydrogens (tertiary/aromatic N) is 2. The van der Waals surface area contributed by atoms with Crippen LogP contribution in [0.2, 0.25) is 5.02 Å². The van der Waals surface area contributed by atoms with Crippen LogP contribution in [0.4, 0.5) is 0 Å². The van der Waals surface area contributed by atoms with E-state index >= 15 is 0 Å². The Balaban J connectivity index is 1.95. The van der Waals surface area contributed by atoms with E-state index in [1.807, 2.05) is 4.90 Å². The number of amides is 1. The predicted molar refractivity (Wildman–Crippen MR) is 74.5 cm³/mol. The first-order valence-electron chi connectivity index (χ1n) is 6.04. The van der Waals surface area contributed by atoms with E-state index in [1.165, 1.54) is 0 Å². The zero-order valence-electron chi connectivity index (χ0n) is 10.1. The van der Waals surface area contributed by atoms with Crippen LogP contribution in [0.5, 0.6) is 0 Å². The van der Waals surface area contributed by atoms with Crippen molar-refractivity contribution in [2.45, 2.75) is 0 Å². The molecule has 1 aliphatic heterocycles. The molecule has 3 nitrogen and oxygen atoms in total. The zero-order valence-corrected chi connectivity index (χ0v) is 11.6. The van der Waals surface area contributed by atoms with Crippen LogP contribution in [-0.2, 0) is 0 Å². The molecular weight excluding hydrogens is 271 g/mol. The van der Waals surface area contributed by atoms with Gasteiger partial charge in [-0.1, -0.05) is 17.7 Å². The highest BCUT2D eigenvalue weighted by atomic mass is 35.5. The smallest absolute Gasteiger partial charge is 0.253 e. The van der Waals surface area contributed by atoms with Crippen molar-refractivity contribution in [1.82, 2.24) is 9.80 Å². The Morgan fingerprint density at radius 1 is 1.22 bits per heavy atom. The molecule has 0 aromatic heterocycles. The van der Waals surface area contributed by atoms with E-state index in [4.69, 9.17) is 23.2 Å². The van der Waals surface area contributed by atoms with Gasteiger partial charge in [0.25, 0.3) is 5.91 Å². The van der Waals surface area contributed by atoms with Crippen LogP contribution in [0, 0.1) is 0 Å². The van der Waals surface area contributed by atoms with Gasteiger partial charge in [0.2, 0.25) is 0 Å². The highest BCUT2D eigenvalue weighted by molar-refractivity contribution is 6.30. The molecule has 0 radical (unpaired) electrons. The number of rotatable bonds is 3. The maximum atomic E-state index is 12.2. The summed E-state index contributed by atoms with van der Waals surface area (Å²) in [5, 5.41) is 0.599. The van der Waals surface area contributed by atoms with Crippen LogP contribution >= 0.6 is 23.2 Å². The van der Waals surface area contributed by atoms with E-state index < -0.39 is 0 Å². The molecular formula is C13H16Cl2N2O. The van der Waals surface area contributed by atoms with Gasteiger partial charge in [-0.25, -0.2) is 0 Å². The number of piperazine rings is 1. The fourth-order valence-electron chi connectivity index (χ4n) is 2.10. The molecule has 1 fully saturated rings. The second-order valence-electron chi connectivity index (χ2n) is 4.33. The average molecular weight is 287 g/mol. The number of halogens is 2. The molecule has 1 aliphatic rings. The molecule has 0 saturated carbocycles. The van der Waals surface area contributed by atoms with Crippen LogP contribution in [0.25, 0.3) is 0 Å². The molecule has 0 spiro atoms. The summed E-state index contributed by atoms with van der Waals surface area (Å²) in [5.74, 6) is 0.699. The van der Waals surface area contributed by atoms with E-state index in [2.05, 4.69) is 4.90 Å². The minimum absolute atomic E-state index is 0.0584. The van der Waals surface area contributed by atoms with Gasteiger partial charge in [0.15, 0.2) is 0 Å². The monoisotopic (exact) mass is 286 g/mol. The largest absolute Gasteiger partial charge is 0.336 e. The summed E-state index contributed by atoms with van der Waals surface area (Å²) < 4.78 is 0. The predicted octanol–water partition coefficient (Wildman–Crippen LogP) is 2.34. The third-order valence-corrected chi connectivity index (χ3v) is 3.54. The third kappa shape index (κ3) is 3.37. The summed E-state index contributed by atoms with van der Waals surface area (Å²) >= 11 is 11.6. The quantitative estimate of drug-likeness (QED) is 0.797. The molecule has 1 amide bonds. The van der Waals surface area contributed by atoms with E-state index in [0.717, 1.165) is 32.7 Å². The molecule has 2 rings (SSSR count). The van der Waals surface area contributed by atoms with Crippen molar-refractivity contribution >= 4 is 29.1 Å². The molecule has 0 unspecified atom stereocenters. The van der Waals surface area contributed by atoms with Gasteiger partial charge >= 0.3 is 0 Å². The first kappa shape index (κ1) is 13.7. The minimum atomic E-state index is 0.0584. The number of alkyl halides is 1. The molecule has 98 valence electrons. The summed E-state index contributed by atoms with van der Waals surface area (Å²) in [7, 11) is 0. The van der Waals surface area contributed by atoms with Crippen molar-refractivity contribution in [2.24, 2.45) is 0 Å². The van der Waals surface area contributed by atoms with Gasteiger partial charge in [-0.3, -0.25) is 9.69 Å². The molecule has 0 N–H and O–H groups in total. The Hall–Kier alpha value is -0.770. The number of benzene rings is 1. The number of hydrogen-bond acceptors (Lipinski definition) is 2. The van der Waals surface area contributed by atoms with Crippen LogP contribution in [0.1, 0.15) is 10.4 Å². The van der Waals surface area contributed by atoms with Gasteiger partial charge in [0, 0.05) is 49.2 Å². The molecule has 0 bridgehead atoms. The van der Waals surface area contributed by atoms with Gasteiger partial charge in [-0.15, -0.1) is 11.6 Å². The van der Waals surface area contributed by atoms with Crippen molar-refractivity contribution in [3.63, 3.8) is 0 Å². The second-order valence-corrected chi connectivity index (χ2v) is 5.15. The average Bonchev–Trinajstić information content (AvgIpc) is 2.39. The topological polar surface area (TPSA) is 23.6 Å². The van der Waals surface area contributed by atoms with Crippen LogP contribution in [0.3, 0.4) is 0 Å². The Kier molecular flexibility index (Phi) is 4.87. The summed E-state index contributed by atoms with van der Waals surface area (Å²) in [6.07, 6.45) is 0. The lowest BCUT2D eigenvalue weighted by molar-refractivity contribution is 0.0644. The summed E-state index contributed by atoms with van der Waals surface area (Å²) in [6.45, 7) is 4.17. The van der Waals surface area contributed by atoms with E-state index in [9.17, 15) is 4.79 Å². The standard InChI is InChI=1S/C13H16Cl2N2O/c14-4-5-16-6-8-17(9-7-16)13(18)11-2-1-3-12(15)10-11/h1-3,10H,4-9H2. The minimum Gasteiger partial charge on any atom is -0.336 e. The molecule has 0 aliphatic carbocycles. The lowest BCUT2D eigenvalue weighted by Crippen LogP contribution is -2.49. The van der Waals surface area contributed by atoms with Crippen molar-refractivity contribution in [3.05, 3.63) is 34.9 Å². The van der Waals surface area contributed by atoms with Gasteiger partial charge < -0.3 is 4.90 Å². The summed E-state index contributed by atoms with van der Waals surface area (Å²) in [5.41, 5.74) is 0.660. The Morgan fingerprint density at radius 2 is 1.94 bits per heavy atom. The van der Waals surface area contributed by atoms with Gasteiger partial charge in [0.1, 0.15) is 0 Å². The molecule has 5 heteroatoms. The molecule has 1 heterocycles. The molecule has 18 heavy (non-hydrogen) atoms. The van der Waals surface area contributed by atoms with Crippen molar-refractivity contribution in [1.29, 1.82) is 0 Å². The highest BCUT2D eigenvalue weighted by Gasteiger charge is 2.21. The number of carbonyl (C=O) groups is 1. The Morgan fingerprint density at radius 3 is 2.56 bits per heavy atom. The van der Waals surface area contributed by atoms with Crippen molar-refractivity contribution in [3.8, 4) is 0 Å². The fraction of sp³-hybridized carbons (Fsp3) is 0.462. The van der Waals surface area contributed by atoms with Crippen molar-refractivity contribution in [2.75, 3.05) is 38.6 Å².